The van der Waals surface area contributed by atoms with E-state index in [2.05, 4.69) is 15.4 Å². The number of aromatic nitrogens is 3. The van der Waals surface area contributed by atoms with E-state index in [1.807, 2.05) is 20.9 Å². The van der Waals surface area contributed by atoms with Gasteiger partial charge in [-0.15, -0.1) is 0 Å². The van der Waals surface area contributed by atoms with Crippen LogP contribution in [0.5, 0.6) is 0 Å². The predicted molar refractivity (Wildman–Crippen MR) is 75.6 cm³/mol. The van der Waals surface area contributed by atoms with Crippen molar-refractivity contribution in [1.82, 2.24) is 14.8 Å². The number of hydrogen-bond donors (Lipinski definition) is 1. The number of hydrogen-bond acceptors (Lipinski definition) is 6. The molecule has 0 spiro atoms. The van der Waals surface area contributed by atoms with Crippen LogP contribution in [0.15, 0.2) is 12.1 Å². The molecule has 2 aromatic rings. The Balaban J connectivity index is 2.21. The molecular weight excluding hydrogens is 272 g/mol. The Labute approximate surface area is 121 Å². The molecule has 0 amide bonds. The molecule has 0 saturated heterocycles. The van der Waals surface area contributed by atoms with Gasteiger partial charge in [0.1, 0.15) is 11.9 Å². The first-order valence-electron chi connectivity index (χ1n) is 6.22. The molecule has 0 aliphatic heterocycles. The van der Waals surface area contributed by atoms with Crippen LogP contribution in [0.1, 0.15) is 22.6 Å². The summed E-state index contributed by atoms with van der Waals surface area (Å²) in [6.45, 7) is 4.36. The fourth-order valence-corrected chi connectivity index (χ4v) is 2.03. The average molecular weight is 286 g/mol. The Hall–Kier alpha value is -2.95. The minimum absolute atomic E-state index is 0.204. The average Bonchev–Trinajstić information content (AvgIpc) is 2.69. The highest BCUT2D eigenvalue weighted by atomic mass is 16.6. The SMILES string of the molecule is Cc1nn(C)c(C)c1CNc1ccc([N+](=O)[O-])c(C#N)n1. The van der Waals surface area contributed by atoms with Gasteiger partial charge in [-0.05, 0) is 19.9 Å². The molecule has 21 heavy (non-hydrogen) atoms. The summed E-state index contributed by atoms with van der Waals surface area (Å²) in [5, 5.41) is 27.0. The molecule has 2 heterocycles. The molecule has 0 fully saturated rings. The molecule has 0 aliphatic rings. The van der Waals surface area contributed by atoms with Gasteiger partial charge in [0.25, 0.3) is 0 Å². The smallest absolute Gasteiger partial charge is 0.305 e. The molecule has 0 unspecified atom stereocenters. The Morgan fingerprint density at radius 3 is 2.71 bits per heavy atom. The van der Waals surface area contributed by atoms with Gasteiger partial charge in [0.15, 0.2) is 0 Å². The van der Waals surface area contributed by atoms with Crippen molar-refractivity contribution in [2.45, 2.75) is 20.4 Å². The largest absolute Gasteiger partial charge is 0.366 e. The second-order valence-electron chi connectivity index (χ2n) is 4.56. The number of anilines is 1. The van der Waals surface area contributed by atoms with Gasteiger partial charge in [-0.2, -0.15) is 10.4 Å². The number of nitrogens with one attached hydrogen (secondary N) is 1. The van der Waals surface area contributed by atoms with Crippen molar-refractivity contribution in [2.75, 3.05) is 5.32 Å². The third-order valence-electron chi connectivity index (χ3n) is 3.28. The number of aryl methyl sites for hydroxylation is 2. The van der Waals surface area contributed by atoms with Crippen LogP contribution < -0.4 is 5.32 Å². The fraction of sp³-hybridized carbons (Fsp3) is 0.308. The van der Waals surface area contributed by atoms with Gasteiger partial charge in [-0.25, -0.2) is 4.98 Å². The summed E-state index contributed by atoms with van der Waals surface area (Å²) < 4.78 is 1.79. The molecule has 108 valence electrons. The summed E-state index contributed by atoms with van der Waals surface area (Å²) in [4.78, 5) is 14.1. The normalized spacial score (nSPS) is 10.2. The Kier molecular flexibility index (Phi) is 3.84. The van der Waals surface area contributed by atoms with Crippen LogP contribution in [0.3, 0.4) is 0 Å². The monoisotopic (exact) mass is 286 g/mol. The van der Waals surface area contributed by atoms with Crippen LogP contribution in [-0.4, -0.2) is 19.7 Å². The maximum atomic E-state index is 10.7. The first kappa shape index (κ1) is 14.5. The fourth-order valence-electron chi connectivity index (χ4n) is 2.03. The molecule has 0 atom stereocenters. The first-order valence-corrected chi connectivity index (χ1v) is 6.22. The first-order chi connectivity index (χ1) is 9.93. The highest BCUT2D eigenvalue weighted by Gasteiger charge is 2.16. The van der Waals surface area contributed by atoms with E-state index < -0.39 is 4.92 Å². The highest BCUT2D eigenvalue weighted by Crippen LogP contribution is 2.19. The molecule has 0 aromatic carbocycles. The van der Waals surface area contributed by atoms with Crippen LogP contribution in [0, 0.1) is 35.3 Å². The van der Waals surface area contributed by atoms with E-state index in [0.717, 1.165) is 17.0 Å². The van der Waals surface area contributed by atoms with Gasteiger partial charge in [0.2, 0.25) is 5.69 Å². The molecule has 0 bridgehead atoms. The second kappa shape index (κ2) is 5.58. The quantitative estimate of drug-likeness (QED) is 0.678. The van der Waals surface area contributed by atoms with E-state index in [0.29, 0.717) is 12.4 Å². The van der Waals surface area contributed by atoms with Gasteiger partial charge in [-0.3, -0.25) is 14.8 Å². The van der Waals surface area contributed by atoms with Crippen LogP contribution in [0.2, 0.25) is 0 Å². The van der Waals surface area contributed by atoms with Crippen molar-refractivity contribution in [3.8, 4) is 6.07 Å². The summed E-state index contributed by atoms with van der Waals surface area (Å²) >= 11 is 0. The minimum atomic E-state index is -0.620. The lowest BCUT2D eigenvalue weighted by atomic mass is 10.2. The Morgan fingerprint density at radius 1 is 1.48 bits per heavy atom. The minimum Gasteiger partial charge on any atom is -0.366 e. The van der Waals surface area contributed by atoms with E-state index in [4.69, 9.17) is 5.26 Å². The van der Waals surface area contributed by atoms with Crippen molar-refractivity contribution in [3.63, 3.8) is 0 Å². The van der Waals surface area contributed by atoms with E-state index >= 15 is 0 Å². The maximum Gasteiger partial charge on any atom is 0.305 e. The Bertz CT molecular complexity index is 744. The van der Waals surface area contributed by atoms with Gasteiger partial charge in [0, 0.05) is 30.9 Å². The zero-order chi connectivity index (χ0) is 15.6. The molecule has 2 rings (SSSR count). The third-order valence-corrected chi connectivity index (χ3v) is 3.28. The van der Waals surface area contributed by atoms with Crippen LogP contribution in [0.4, 0.5) is 11.5 Å². The zero-order valence-electron chi connectivity index (χ0n) is 11.9. The maximum absolute atomic E-state index is 10.7. The van der Waals surface area contributed by atoms with Gasteiger partial charge >= 0.3 is 5.69 Å². The Morgan fingerprint density at radius 2 is 2.19 bits per heavy atom. The van der Waals surface area contributed by atoms with Crippen molar-refractivity contribution in [3.05, 3.63) is 44.9 Å². The van der Waals surface area contributed by atoms with E-state index in [1.165, 1.54) is 12.1 Å². The number of nitrogens with zero attached hydrogens (tertiary/aromatic N) is 5. The molecule has 0 radical (unpaired) electrons. The predicted octanol–water partition coefficient (Wildman–Crippen LogP) is 1.82. The summed E-state index contributed by atoms with van der Waals surface area (Å²) in [5.41, 5.74) is 2.48. The number of nitro groups is 1. The summed E-state index contributed by atoms with van der Waals surface area (Å²) in [6, 6.07) is 4.49. The standard InChI is InChI=1S/C13H14N6O2/c1-8-10(9(2)18(3)17-8)7-15-13-5-4-12(19(20)21)11(6-14)16-13/h4-5H,7H2,1-3H3,(H,15,16). The summed E-state index contributed by atoms with van der Waals surface area (Å²) in [6.07, 6.45) is 0. The molecule has 0 aliphatic carbocycles. The van der Waals surface area contributed by atoms with Crippen molar-refractivity contribution < 1.29 is 4.92 Å². The summed E-state index contributed by atoms with van der Waals surface area (Å²) in [5.74, 6) is 0.416. The van der Waals surface area contributed by atoms with Gasteiger partial charge in [0.05, 0.1) is 10.6 Å². The van der Waals surface area contributed by atoms with E-state index in [-0.39, 0.29) is 11.4 Å². The number of pyridine rings is 1. The lowest BCUT2D eigenvalue weighted by molar-refractivity contribution is -0.385. The van der Waals surface area contributed by atoms with E-state index in [1.54, 1.807) is 10.8 Å². The molecule has 1 N–H and O–H groups in total. The lowest BCUT2D eigenvalue weighted by Gasteiger charge is -2.06. The molecular formula is C13H14N6O2. The molecule has 2 aromatic heterocycles. The molecule has 0 saturated carbocycles. The topological polar surface area (TPSA) is 110 Å². The molecule has 8 heteroatoms. The summed E-state index contributed by atoms with van der Waals surface area (Å²) in [7, 11) is 1.86. The van der Waals surface area contributed by atoms with Gasteiger partial charge < -0.3 is 5.32 Å². The number of rotatable bonds is 4. The third kappa shape index (κ3) is 2.81. The van der Waals surface area contributed by atoms with Crippen molar-refractivity contribution in [2.24, 2.45) is 7.05 Å². The van der Waals surface area contributed by atoms with E-state index in [9.17, 15) is 10.1 Å². The highest BCUT2D eigenvalue weighted by molar-refractivity contribution is 5.50. The van der Waals surface area contributed by atoms with Crippen LogP contribution in [-0.2, 0) is 13.6 Å². The zero-order valence-corrected chi connectivity index (χ0v) is 11.9. The van der Waals surface area contributed by atoms with Crippen LogP contribution >= 0.6 is 0 Å². The number of nitriles is 1. The van der Waals surface area contributed by atoms with Gasteiger partial charge in [-0.1, -0.05) is 0 Å². The second-order valence-corrected chi connectivity index (χ2v) is 4.56. The lowest BCUT2D eigenvalue weighted by Crippen LogP contribution is -2.05. The molecule has 8 nitrogen and oxygen atoms in total. The van der Waals surface area contributed by atoms with Crippen LogP contribution in [0.25, 0.3) is 0 Å². The van der Waals surface area contributed by atoms with Crippen molar-refractivity contribution in [1.29, 1.82) is 5.26 Å². The van der Waals surface area contributed by atoms with Crippen molar-refractivity contribution >= 4 is 11.5 Å².